The maximum Gasteiger partial charge on any atom is 0.311 e. The number of carboxylic acids is 1. The summed E-state index contributed by atoms with van der Waals surface area (Å²) in [6, 6.07) is 3.55. The number of aryl methyl sites for hydroxylation is 1. The number of benzene rings is 1. The molecular formula is C12H12O4. The minimum Gasteiger partial charge on any atom is -0.496 e. The number of aldehydes is 1. The van der Waals surface area contributed by atoms with Crippen LogP contribution in [0.3, 0.4) is 0 Å². The molecule has 2 rings (SSSR count). The van der Waals surface area contributed by atoms with E-state index in [0.717, 1.165) is 5.56 Å². The lowest BCUT2D eigenvalue weighted by molar-refractivity contribution is -0.138. The summed E-state index contributed by atoms with van der Waals surface area (Å²) in [7, 11) is 1.47. The Hall–Kier alpha value is -1.84. The molecule has 4 heteroatoms. The minimum atomic E-state index is -0.880. The highest BCUT2D eigenvalue weighted by molar-refractivity contribution is 5.88. The first-order valence-electron chi connectivity index (χ1n) is 5.06. The van der Waals surface area contributed by atoms with Gasteiger partial charge >= 0.3 is 5.97 Å². The van der Waals surface area contributed by atoms with E-state index in [0.29, 0.717) is 36.0 Å². The highest BCUT2D eigenvalue weighted by Crippen LogP contribution is 2.38. The smallest absolute Gasteiger partial charge is 0.311 e. The van der Waals surface area contributed by atoms with E-state index in [1.54, 1.807) is 6.07 Å². The van der Waals surface area contributed by atoms with Crippen LogP contribution in [0.15, 0.2) is 12.1 Å². The molecule has 84 valence electrons. The van der Waals surface area contributed by atoms with Gasteiger partial charge in [-0.25, -0.2) is 0 Å². The molecule has 0 aliphatic heterocycles. The molecule has 1 aliphatic rings. The Morgan fingerprint density at radius 2 is 2.31 bits per heavy atom. The Bertz CT molecular complexity index is 451. The molecule has 0 heterocycles. The second kappa shape index (κ2) is 3.96. The Morgan fingerprint density at radius 3 is 2.88 bits per heavy atom. The van der Waals surface area contributed by atoms with Gasteiger partial charge in [-0.3, -0.25) is 9.59 Å². The van der Waals surface area contributed by atoms with Crippen molar-refractivity contribution >= 4 is 12.3 Å². The van der Waals surface area contributed by atoms with Gasteiger partial charge in [-0.1, -0.05) is 6.07 Å². The Morgan fingerprint density at radius 1 is 1.56 bits per heavy atom. The predicted octanol–water partition coefficient (Wildman–Crippen LogP) is 1.62. The lowest BCUT2D eigenvalue weighted by Gasteiger charge is -2.12. The average Bonchev–Trinajstić information content (AvgIpc) is 2.71. The molecule has 0 fully saturated rings. The highest BCUT2D eigenvalue weighted by Gasteiger charge is 2.32. The van der Waals surface area contributed by atoms with Crippen molar-refractivity contribution in [1.29, 1.82) is 0 Å². The first-order chi connectivity index (χ1) is 7.69. The maximum absolute atomic E-state index is 11.1. The molecule has 0 saturated carbocycles. The zero-order valence-electron chi connectivity index (χ0n) is 8.90. The zero-order chi connectivity index (χ0) is 11.7. The van der Waals surface area contributed by atoms with Gasteiger partial charge in [0.05, 0.1) is 18.6 Å². The normalized spacial score (nSPS) is 17.9. The Labute approximate surface area is 92.8 Å². The molecule has 1 aromatic carbocycles. The number of hydrogen-bond donors (Lipinski definition) is 1. The van der Waals surface area contributed by atoms with Gasteiger partial charge in [0, 0.05) is 0 Å². The predicted molar refractivity (Wildman–Crippen MR) is 57.1 cm³/mol. The van der Waals surface area contributed by atoms with Crippen LogP contribution in [-0.4, -0.2) is 24.5 Å². The summed E-state index contributed by atoms with van der Waals surface area (Å²) in [4.78, 5) is 22.1. The number of carboxylic acid groups (broad SMARTS) is 1. The van der Waals surface area contributed by atoms with Crippen LogP contribution < -0.4 is 4.74 Å². The second-order valence-electron chi connectivity index (χ2n) is 3.80. The van der Waals surface area contributed by atoms with Gasteiger partial charge in [-0.2, -0.15) is 0 Å². The molecule has 0 saturated heterocycles. The van der Waals surface area contributed by atoms with Crippen LogP contribution in [0.4, 0.5) is 0 Å². The van der Waals surface area contributed by atoms with Crippen molar-refractivity contribution < 1.29 is 19.4 Å². The van der Waals surface area contributed by atoms with Gasteiger partial charge in [-0.05, 0) is 30.0 Å². The molecule has 1 atom stereocenters. The third kappa shape index (κ3) is 1.46. The van der Waals surface area contributed by atoms with Crippen LogP contribution >= 0.6 is 0 Å². The number of methoxy groups -OCH3 is 1. The van der Waals surface area contributed by atoms with Crippen LogP contribution in [0.5, 0.6) is 5.75 Å². The number of rotatable bonds is 3. The molecule has 1 aliphatic carbocycles. The van der Waals surface area contributed by atoms with Crippen molar-refractivity contribution in [2.24, 2.45) is 0 Å². The van der Waals surface area contributed by atoms with Crippen LogP contribution in [0.2, 0.25) is 0 Å². The average molecular weight is 220 g/mol. The number of aliphatic carboxylic acids is 1. The SMILES string of the molecule is COc1ccc2c(c1C=O)C(C(=O)O)CC2. The lowest BCUT2D eigenvalue weighted by Crippen LogP contribution is -2.10. The fourth-order valence-corrected chi connectivity index (χ4v) is 2.28. The van der Waals surface area contributed by atoms with Crippen molar-refractivity contribution in [1.82, 2.24) is 0 Å². The topological polar surface area (TPSA) is 63.6 Å². The molecular weight excluding hydrogens is 208 g/mol. The van der Waals surface area contributed by atoms with Crippen LogP contribution in [-0.2, 0) is 11.2 Å². The van der Waals surface area contributed by atoms with E-state index < -0.39 is 11.9 Å². The van der Waals surface area contributed by atoms with E-state index in [1.165, 1.54) is 7.11 Å². The number of fused-ring (bicyclic) bond motifs is 1. The summed E-state index contributed by atoms with van der Waals surface area (Å²) in [5, 5.41) is 9.09. The standard InChI is InChI=1S/C12H12O4/c1-16-10-5-3-7-2-4-8(12(14)15)11(7)9(10)6-13/h3,5-6,8H,2,4H2,1H3,(H,14,15). The van der Waals surface area contributed by atoms with Crippen LogP contribution in [0, 0.1) is 0 Å². The second-order valence-corrected chi connectivity index (χ2v) is 3.80. The van der Waals surface area contributed by atoms with E-state index in [1.807, 2.05) is 6.07 Å². The molecule has 0 radical (unpaired) electrons. The molecule has 16 heavy (non-hydrogen) atoms. The van der Waals surface area contributed by atoms with Gasteiger partial charge in [0.25, 0.3) is 0 Å². The van der Waals surface area contributed by atoms with Crippen molar-refractivity contribution in [2.75, 3.05) is 7.11 Å². The summed E-state index contributed by atoms with van der Waals surface area (Å²) in [5.74, 6) is -1.01. The third-order valence-corrected chi connectivity index (χ3v) is 3.02. The van der Waals surface area contributed by atoms with Crippen molar-refractivity contribution in [2.45, 2.75) is 18.8 Å². The molecule has 1 aromatic rings. The summed E-state index contributed by atoms with van der Waals surface area (Å²) in [5.41, 5.74) is 1.95. The fraction of sp³-hybridized carbons (Fsp3) is 0.333. The molecule has 0 bridgehead atoms. The van der Waals surface area contributed by atoms with E-state index in [2.05, 4.69) is 0 Å². The summed E-state index contributed by atoms with van der Waals surface area (Å²) in [6.45, 7) is 0. The molecule has 0 aromatic heterocycles. The zero-order valence-corrected chi connectivity index (χ0v) is 8.90. The van der Waals surface area contributed by atoms with Crippen molar-refractivity contribution in [3.8, 4) is 5.75 Å². The van der Waals surface area contributed by atoms with Gasteiger partial charge in [0.2, 0.25) is 0 Å². The monoisotopic (exact) mass is 220 g/mol. The number of ether oxygens (including phenoxy) is 1. The summed E-state index contributed by atoms with van der Waals surface area (Å²) < 4.78 is 5.07. The number of carbonyl (C=O) groups excluding carboxylic acids is 1. The first kappa shape index (κ1) is 10.7. The third-order valence-electron chi connectivity index (χ3n) is 3.02. The highest BCUT2D eigenvalue weighted by atomic mass is 16.5. The van der Waals surface area contributed by atoms with Crippen LogP contribution in [0.25, 0.3) is 0 Å². The fourth-order valence-electron chi connectivity index (χ4n) is 2.28. The molecule has 1 unspecified atom stereocenters. The largest absolute Gasteiger partial charge is 0.496 e. The molecule has 4 nitrogen and oxygen atoms in total. The maximum atomic E-state index is 11.1. The first-order valence-corrected chi connectivity index (χ1v) is 5.06. The van der Waals surface area contributed by atoms with Gasteiger partial charge in [0.15, 0.2) is 6.29 Å². The van der Waals surface area contributed by atoms with E-state index >= 15 is 0 Å². The summed E-state index contributed by atoms with van der Waals surface area (Å²) >= 11 is 0. The van der Waals surface area contributed by atoms with Crippen LogP contribution in [0.1, 0.15) is 33.8 Å². The molecule has 1 N–H and O–H groups in total. The van der Waals surface area contributed by atoms with Gasteiger partial charge in [0.1, 0.15) is 5.75 Å². The molecule has 0 amide bonds. The quantitative estimate of drug-likeness (QED) is 0.786. The number of hydrogen-bond acceptors (Lipinski definition) is 3. The van der Waals surface area contributed by atoms with Gasteiger partial charge < -0.3 is 9.84 Å². The molecule has 0 spiro atoms. The van der Waals surface area contributed by atoms with E-state index in [-0.39, 0.29) is 0 Å². The van der Waals surface area contributed by atoms with E-state index in [4.69, 9.17) is 9.84 Å². The van der Waals surface area contributed by atoms with Crippen molar-refractivity contribution in [3.05, 3.63) is 28.8 Å². The van der Waals surface area contributed by atoms with Gasteiger partial charge in [-0.15, -0.1) is 0 Å². The summed E-state index contributed by atoms with van der Waals surface area (Å²) in [6.07, 6.45) is 1.94. The van der Waals surface area contributed by atoms with Crippen molar-refractivity contribution in [3.63, 3.8) is 0 Å². The number of carbonyl (C=O) groups is 2. The minimum absolute atomic E-state index is 0.380. The Kier molecular flexibility index (Phi) is 2.64. The lowest BCUT2D eigenvalue weighted by atomic mass is 9.96. The Balaban J connectivity index is 2.61. The van der Waals surface area contributed by atoms with E-state index in [9.17, 15) is 9.59 Å².